The molecule has 1 aromatic carbocycles. The van der Waals surface area contributed by atoms with Gasteiger partial charge in [-0.15, -0.1) is 0 Å². The van der Waals surface area contributed by atoms with E-state index in [4.69, 9.17) is 0 Å². The lowest BCUT2D eigenvalue weighted by Gasteiger charge is -2.28. The summed E-state index contributed by atoms with van der Waals surface area (Å²) in [5.41, 5.74) is 1.39. The summed E-state index contributed by atoms with van der Waals surface area (Å²) in [6.07, 6.45) is 4.49. The first-order valence-corrected chi connectivity index (χ1v) is 7.84. The van der Waals surface area contributed by atoms with Gasteiger partial charge in [-0.1, -0.05) is 18.2 Å². The average molecular weight is 354 g/mol. The molecule has 2 aromatic rings. The Hall–Kier alpha value is -3.42. The van der Waals surface area contributed by atoms with Gasteiger partial charge in [-0.25, -0.2) is 9.18 Å². The van der Waals surface area contributed by atoms with E-state index in [-0.39, 0.29) is 13.1 Å². The van der Waals surface area contributed by atoms with Crippen LogP contribution in [0.1, 0.15) is 11.1 Å². The number of benzene rings is 1. The lowest BCUT2D eigenvalue weighted by atomic mass is 10.1. The van der Waals surface area contributed by atoms with Crippen LogP contribution in [-0.4, -0.2) is 33.9 Å². The third-order valence-electron chi connectivity index (χ3n) is 3.79. The fourth-order valence-electron chi connectivity index (χ4n) is 2.44. The van der Waals surface area contributed by atoms with E-state index in [1.54, 1.807) is 18.5 Å². The van der Waals surface area contributed by atoms with Crippen molar-refractivity contribution in [3.8, 4) is 0 Å². The summed E-state index contributed by atoms with van der Waals surface area (Å²) in [5.74, 6) is -2.99. The van der Waals surface area contributed by atoms with Gasteiger partial charge in [0, 0.05) is 18.6 Å². The van der Waals surface area contributed by atoms with E-state index in [9.17, 15) is 18.8 Å². The summed E-state index contributed by atoms with van der Waals surface area (Å²) in [4.78, 5) is 45.4. The van der Waals surface area contributed by atoms with Crippen LogP contribution >= 0.6 is 0 Å². The molecule has 1 saturated heterocycles. The molecule has 0 aliphatic carbocycles. The van der Waals surface area contributed by atoms with E-state index in [0.29, 0.717) is 5.56 Å². The second-order valence-corrected chi connectivity index (χ2v) is 5.67. The van der Waals surface area contributed by atoms with Crippen molar-refractivity contribution >= 4 is 24.1 Å². The Bertz CT molecular complexity index is 852. The fourth-order valence-corrected chi connectivity index (χ4v) is 2.44. The molecular formula is C18H15FN4O3. The molecule has 1 unspecified atom stereocenters. The Morgan fingerprint density at radius 3 is 2.62 bits per heavy atom. The molecule has 2 heterocycles. The zero-order chi connectivity index (χ0) is 18.5. The van der Waals surface area contributed by atoms with Gasteiger partial charge in [0.15, 0.2) is 5.92 Å². The number of hydrogen-bond donors (Lipinski definition) is 1. The Kier molecular flexibility index (Phi) is 5.12. The minimum atomic E-state index is -1.19. The number of carbonyl (C=O) groups excluding carboxylic acids is 3. The topological polar surface area (TPSA) is 91.7 Å². The molecule has 1 aromatic heterocycles. The molecule has 0 bridgehead atoms. The number of rotatable bonds is 5. The monoisotopic (exact) mass is 354 g/mol. The first kappa shape index (κ1) is 17.4. The van der Waals surface area contributed by atoms with Gasteiger partial charge in [0.1, 0.15) is 5.82 Å². The van der Waals surface area contributed by atoms with Gasteiger partial charge in [-0.2, -0.15) is 0 Å². The Morgan fingerprint density at radius 2 is 1.92 bits per heavy atom. The zero-order valence-corrected chi connectivity index (χ0v) is 13.6. The third kappa shape index (κ3) is 3.97. The number of nitrogens with one attached hydrogen (secondary N) is 1. The van der Waals surface area contributed by atoms with E-state index in [0.717, 1.165) is 10.5 Å². The predicted octanol–water partition coefficient (Wildman–Crippen LogP) is 1.69. The van der Waals surface area contributed by atoms with Crippen LogP contribution in [-0.2, 0) is 22.7 Å². The Labute approximate surface area is 148 Å². The third-order valence-corrected chi connectivity index (χ3v) is 3.79. The second-order valence-electron chi connectivity index (χ2n) is 5.67. The molecule has 7 nitrogen and oxygen atoms in total. The highest BCUT2D eigenvalue weighted by molar-refractivity contribution is 6.23. The lowest BCUT2D eigenvalue weighted by molar-refractivity contribution is -0.139. The highest BCUT2D eigenvalue weighted by Crippen LogP contribution is 2.14. The number of aromatic nitrogens is 1. The van der Waals surface area contributed by atoms with Crippen molar-refractivity contribution in [2.24, 2.45) is 10.9 Å². The molecule has 1 aliphatic heterocycles. The van der Waals surface area contributed by atoms with Gasteiger partial charge < -0.3 is 0 Å². The molecule has 0 spiro atoms. The van der Waals surface area contributed by atoms with E-state index >= 15 is 0 Å². The first-order valence-electron chi connectivity index (χ1n) is 7.84. The summed E-state index contributed by atoms with van der Waals surface area (Å²) < 4.78 is 13.0. The maximum Gasteiger partial charge on any atom is 0.331 e. The summed E-state index contributed by atoms with van der Waals surface area (Å²) in [5, 5.41) is 2.14. The Balaban J connectivity index is 1.71. The SMILES string of the molecule is O=C1NC(=O)N(Cc2ccc(F)cc2)C(=O)C1C=NCc1cccnc1. The van der Waals surface area contributed by atoms with E-state index < -0.39 is 29.6 Å². The van der Waals surface area contributed by atoms with E-state index in [1.165, 1.54) is 30.5 Å². The number of halogens is 1. The van der Waals surface area contributed by atoms with Crippen molar-refractivity contribution in [1.82, 2.24) is 15.2 Å². The summed E-state index contributed by atoms with van der Waals surface area (Å²) in [6.45, 7) is 0.196. The number of amides is 4. The van der Waals surface area contributed by atoms with Crippen LogP contribution < -0.4 is 5.32 Å². The Morgan fingerprint density at radius 1 is 1.15 bits per heavy atom. The number of carbonyl (C=O) groups is 3. The molecule has 1 atom stereocenters. The molecule has 8 heteroatoms. The normalized spacial score (nSPS) is 17.7. The minimum absolute atomic E-state index is 0.0643. The molecule has 0 radical (unpaired) electrons. The largest absolute Gasteiger partial charge is 0.331 e. The molecule has 132 valence electrons. The molecular weight excluding hydrogens is 339 g/mol. The number of imide groups is 2. The van der Waals surface area contributed by atoms with Crippen molar-refractivity contribution in [3.63, 3.8) is 0 Å². The highest BCUT2D eigenvalue weighted by atomic mass is 19.1. The van der Waals surface area contributed by atoms with Crippen molar-refractivity contribution in [3.05, 3.63) is 65.7 Å². The van der Waals surface area contributed by atoms with Gasteiger partial charge in [-0.05, 0) is 29.3 Å². The zero-order valence-electron chi connectivity index (χ0n) is 13.6. The smallest absolute Gasteiger partial charge is 0.291 e. The number of nitrogens with zero attached hydrogens (tertiary/aromatic N) is 3. The van der Waals surface area contributed by atoms with Crippen molar-refractivity contribution in [1.29, 1.82) is 0 Å². The van der Waals surface area contributed by atoms with Gasteiger partial charge in [0.05, 0.1) is 13.1 Å². The van der Waals surface area contributed by atoms with Crippen LogP contribution in [0.15, 0.2) is 53.8 Å². The molecule has 3 rings (SSSR count). The quantitative estimate of drug-likeness (QED) is 0.653. The molecule has 0 saturated carbocycles. The molecule has 26 heavy (non-hydrogen) atoms. The van der Waals surface area contributed by atoms with Crippen LogP contribution in [0.25, 0.3) is 0 Å². The first-order chi connectivity index (χ1) is 12.5. The second kappa shape index (κ2) is 7.64. The number of barbiturate groups is 1. The fraction of sp³-hybridized carbons (Fsp3) is 0.167. The molecule has 1 N–H and O–H groups in total. The van der Waals surface area contributed by atoms with E-state index in [1.807, 2.05) is 6.07 Å². The molecule has 1 aliphatic rings. The maximum atomic E-state index is 13.0. The number of aliphatic imine (C=N–C) groups is 1. The van der Waals surface area contributed by atoms with Crippen LogP contribution in [0, 0.1) is 11.7 Å². The lowest BCUT2D eigenvalue weighted by Crippen LogP contribution is -2.57. The van der Waals surface area contributed by atoms with Crippen molar-refractivity contribution < 1.29 is 18.8 Å². The predicted molar refractivity (Wildman–Crippen MR) is 90.4 cm³/mol. The minimum Gasteiger partial charge on any atom is -0.291 e. The van der Waals surface area contributed by atoms with Crippen LogP contribution in [0.2, 0.25) is 0 Å². The number of hydrogen-bond acceptors (Lipinski definition) is 5. The number of pyridine rings is 1. The maximum absolute atomic E-state index is 13.0. The van der Waals surface area contributed by atoms with Crippen molar-refractivity contribution in [2.75, 3.05) is 0 Å². The van der Waals surface area contributed by atoms with Gasteiger partial charge in [0.25, 0.3) is 0 Å². The van der Waals surface area contributed by atoms with Gasteiger partial charge >= 0.3 is 6.03 Å². The van der Waals surface area contributed by atoms with Crippen molar-refractivity contribution in [2.45, 2.75) is 13.1 Å². The average Bonchev–Trinajstić information content (AvgIpc) is 2.64. The van der Waals surface area contributed by atoms with Gasteiger partial charge in [-0.3, -0.25) is 29.8 Å². The van der Waals surface area contributed by atoms with Crippen LogP contribution in [0.3, 0.4) is 0 Å². The van der Waals surface area contributed by atoms with Gasteiger partial charge in [0.2, 0.25) is 11.8 Å². The molecule has 4 amide bonds. The summed E-state index contributed by atoms with van der Waals surface area (Å²) >= 11 is 0. The molecule has 1 fully saturated rings. The van der Waals surface area contributed by atoms with Crippen LogP contribution in [0.4, 0.5) is 9.18 Å². The summed E-state index contributed by atoms with van der Waals surface area (Å²) in [6, 6.07) is 8.18. The number of urea groups is 1. The summed E-state index contributed by atoms with van der Waals surface area (Å²) in [7, 11) is 0. The standard InChI is InChI=1S/C18H15FN4O3/c19-14-5-3-12(4-6-14)11-23-17(25)15(16(24)22-18(23)26)10-21-9-13-2-1-7-20-8-13/h1-8,10,15H,9,11H2,(H,22,24,26). The van der Waals surface area contributed by atoms with Crippen LogP contribution in [0.5, 0.6) is 0 Å². The highest BCUT2D eigenvalue weighted by Gasteiger charge is 2.39. The van der Waals surface area contributed by atoms with E-state index in [2.05, 4.69) is 15.3 Å².